The molecule has 2 unspecified atom stereocenters. The van der Waals surface area contributed by atoms with Crippen molar-refractivity contribution in [2.75, 3.05) is 0 Å². The molecule has 5 saturated carbocycles. The predicted octanol–water partition coefficient (Wildman–Crippen LogP) is 0.0341. The van der Waals surface area contributed by atoms with Crippen LogP contribution in [-0.4, -0.2) is 23.4 Å². The Balaban J connectivity index is 1.74. The van der Waals surface area contributed by atoms with Crippen LogP contribution in [0.1, 0.15) is 6.42 Å². The van der Waals surface area contributed by atoms with Crippen molar-refractivity contribution in [1.82, 2.24) is 0 Å². The standard InChI is InChI=1S/C9H8O4/c1-2-8-6-4-5(6)7(4)9(8,13-12-8)3(1)11-10-2/h2-7H,1H2/t2-,3+,4?,5?,6?,7?,8-,9+. The molecule has 7 rings (SSSR count). The van der Waals surface area contributed by atoms with Gasteiger partial charge in [0.05, 0.1) is 0 Å². The van der Waals surface area contributed by atoms with Gasteiger partial charge in [-0.25, -0.2) is 19.6 Å². The van der Waals surface area contributed by atoms with Gasteiger partial charge in [0.25, 0.3) is 0 Å². The second-order valence-electron chi connectivity index (χ2n) is 5.36. The molecule has 7 fully saturated rings. The van der Waals surface area contributed by atoms with Crippen molar-refractivity contribution in [3.63, 3.8) is 0 Å². The topological polar surface area (TPSA) is 36.9 Å². The lowest BCUT2D eigenvalue weighted by Gasteiger charge is -2.52. The van der Waals surface area contributed by atoms with Crippen molar-refractivity contribution in [2.24, 2.45) is 23.7 Å². The van der Waals surface area contributed by atoms with Gasteiger partial charge in [-0.15, -0.1) is 0 Å². The minimum absolute atomic E-state index is 0.0596. The Labute approximate surface area is 73.9 Å². The minimum atomic E-state index is -0.0596. The Hall–Kier alpha value is -0.160. The van der Waals surface area contributed by atoms with Crippen LogP contribution in [0.4, 0.5) is 0 Å². The van der Waals surface area contributed by atoms with Crippen LogP contribution < -0.4 is 0 Å². The van der Waals surface area contributed by atoms with E-state index in [-0.39, 0.29) is 23.4 Å². The Kier molecular flexibility index (Phi) is 0.499. The van der Waals surface area contributed by atoms with Crippen molar-refractivity contribution in [3.8, 4) is 0 Å². The van der Waals surface area contributed by atoms with Gasteiger partial charge in [-0.2, -0.15) is 0 Å². The quantitative estimate of drug-likeness (QED) is 0.493. The molecule has 2 saturated heterocycles. The smallest absolute Gasteiger partial charge is 0.171 e. The zero-order valence-corrected chi connectivity index (χ0v) is 6.80. The average molecular weight is 180 g/mol. The molecule has 4 heteroatoms. The Morgan fingerprint density at radius 3 is 1.85 bits per heavy atom. The molecule has 6 atom stereocenters. The monoisotopic (exact) mass is 180 g/mol. The lowest BCUT2D eigenvalue weighted by Crippen LogP contribution is -2.71. The van der Waals surface area contributed by atoms with Gasteiger partial charge in [0.15, 0.2) is 11.2 Å². The van der Waals surface area contributed by atoms with E-state index in [0.29, 0.717) is 0 Å². The van der Waals surface area contributed by atoms with E-state index in [1.165, 1.54) is 0 Å². The van der Waals surface area contributed by atoms with Crippen LogP contribution >= 0.6 is 0 Å². The number of hydrogen-bond donors (Lipinski definition) is 0. The molecule has 0 N–H and O–H groups in total. The molecule has 0 spiro atoms. The van der Waals surface area contributed by atoms with Gasteiger partial charge in [0.1, 0.15) is 12.2 Å². The fourth-order valence-corrected chi connectivity index (χ4v) is 4.97. The normalized spacial score (nSPS) is 88.6. The van der Waals surface area contributed by atoms with Gasteiger partial charge < -0.3 is 0 Å². The van der Waals surface area contributed by atoms with Crippen molar-refractivity contribution < 1.29 is 19.6 Å². The third-order valence-electron chi connectivity index (χ3n) is 5.41. The van der Waals surface area contributed by atoms with E-state index in [0.717, 1.165) is 30.1 Å². The summed E-state index contributed by atoms with van der Waals surface area (Å²) in [7, 11) is 0. The minimum Gasteiger partial charge on any atom is -0.230 e. The maximum Gasteiger partial charge on any atom is 0.171 e. The van der Waals surface area contributed by atoms with Crippen molar-refractivity contribution in [2.45, 2.75) is 29.8 Å². The van der Waals surface area contributed by atoms with Crippen LogP contribution in [0.5, 0.6) is 0 Å². The fraction of sp³-hybridized carbons (Fsp3) is 1.00. The molecule has 0 amide bonds. The molecule has 0 radical (unpaired) electrons. The first-order valence-corrected chi connectivity index (χ1v) is 5.10. The van der Waals surface area contributed by atoms with Gasteiger partial charge >= 0.3 is 0 Å². The third-order valence-corrected chi connectivity index (χ3v) is 5.41. The highest BCUT2D eigenvalue weighted by Crippen LogP contribution is 2.95. The first kappa shape index (κ1) is 5.66. The van der Waals surface area contributed by atoms with Crippen molar-refractivity contribution in [3.05, 3.63) is 0 Å². The molecule has 0 aromatic heterocycles. The first-order chi connectivity index (χ1) is 6.41. The van der Waals surface area contributed by atoms with Crippen molar-refractivity contribution in [1.29, 1.82) is 0 Å². The van der Waals surface area contributed by atoms with E-state index in [1.807, 2.05) is 0 Å². The Morgan fingerprint density at radius 2 is 1.38 bits per heavy atom. The van der Waals surface area contributed by atoms with E-state index in [1.54, 1.807) is 0 Å². The summed E-state index contributed by atoms with van der Waals surface area (Å²) in [5, 5.41) is 0. The molecule has 7 aliphatic rings. The molecule has 2 heterocycles. The summed E-state index contributed by atoms with van der Waals surface area (Å²) < 4.78 is 0. The summed E-state index contributed by atoms with van der Waals surface area (Å²) in [6.07, 6.45) is 1.30. The largest absolute Gasteiger partial charge is 0.230 e. The molecule has 4 bridgehead atoms. The van der Waals surface area contributed by atoms with Crippen molar-refractivity contribution >= 4 is 0 Å². The lowest BCUT2D eigenvalue weighted by atomic mass is 9.85. The summed E-state index contributed by atoms with van der Waals surface area (Å²) in [4.78, 5) is 21.5. The molecular weight excluding hydrogens is 172 g/mol. The highest BCUT2D eigenvalue weighted by atomic mass is 17.3. The molecule has 4 nitrogen and oxygen atoms in total. The predicted molar refractivity (Wildman–Crippen MR) is 36.0 cm³/mol. The molecule has 68 valence electrons. The van der Waals surface area contributed by atoms with E-state index >= 15 is 0 Å². The average Bonchev–Trinajstić information content (AvgIpc) is 2.83. The lowest BCUT2D eigenvalue weighted by molar-refractivity contribution is -0.597. The Bertz CT molecular complexity index is 329. The maximum atomic E-state index is 5.46. The van der Waals surface area contributed by atoms with E-state index < -0.39 is 0 Å². The molecule has 2 aliphatic heterocycles. The molecule has 5 aliphatic carbocycles. The number of hydrogen-bond acceptors (Lipinski definition) is 4. The summed E-state index contributed by atoms with van der Waals surface area (Å²) in [6, 6.07) is 0. The van der Waals surface area contributed by atoms with Crippen LogP contribution in [-0.2, 0) is 19.6 Å². The maximum absolute atomic E-state index is 5.46. The summed E-state index contributed by atoms with van der Waals surface area (Å²) >= 11 is 0. The van der Waals surface area contributed by atoms with Crippen LogP contribution in [0.15, 0.2) is 0 Å². The second-order valence-corrected chi connectivity index (χ2v) is 5.36. The summed E-state index contributed by atoms with van der Waals surface area (Å²) in [5.74, 6) is 3.31. The molecule has 0 aromatic rings. The molecule has 13 heavy (non-hydrogen) atoms. The Morgan fingerprint density at radius 1 is 0.846 bits per heavy atom. The number of fused-ring (bicyclic) bond motifs is 2. The van der Waals surface area contributed by atoms with E-state index in [2.05, 4.69) is 0 Å². The number of rotatable bonds is 0. The van der Waals surface area contributed by atoms with E-state index in [4.69, 9.17) is 19.6 Å². The van der Waals surface area contributed by atoms with Gasteiger partial charge in [0.2, 0.25) is 0 Å². The van der Waals surface area contributed by atoms with Gasteiger partial charge in [-0.05, 0) is 11.8 Å². The summed E-state index contributed by atoms with van der Waals surface area (Å²) in [5.41, 5.74) is -0.119. The molecule has 0 aromatic carbocycles. The van der Waals surface area contributed by atoms with Crippen LogP contribution in [0.25, 0.3) is 0 Å². The molecular formula is C9H8O4. The van der Waals surface area contributed by atoms with Gasteiger partial charge in [-0.1, -0.05) is 0 Å². The first-order valence-electron chi connectivity index (χ1n) is 5.10. The highest BCUT2D eigenvalue weighted by molar-refractivity contribution is 5.49. The fourth-order valence-electron chi connectivity index (χ4n) is 4.97. The summed E-state index contributed by atoms with van der Waals surface area (Å²) in [6.45, 7) is 0. The van der Waals surface area contributed by atoms with Crippen LogP contribution in [0.2, 0.25) is 0 Å². The van der Waals surface area contributed by atoms with E-state index in [9.17, 15) is 0 Å². The van der Waals surface area contributed by atoms with Gasteiger partial charge in [-0.3, -0.25) is 0 Å². The SMILES string of the molecule is C1[C@@H]2OO[C@H]1[C@]13OO[C@]21C1C2C1C23. The van der Waals surface area contributed by atoms with Crippen LogP contribution in [0, 0.1) is 23.7 Å². The third kappa shape index (κ3) is 0.273. The highest BCUT2D eigenvalue weighted by Gasteiger charge is 3.06. The zero-order chi connectivity index (χ0) is 8.00. The second kappa shape index (κ2) is 1.15. The van der Waals surface area contributed by atoms with Crippen LogP contribution in [0.3, 0.4) is 0 Å². The zero-order valence-electron chi connectivity index (χ0n) is 6.80. The van der Waals surface area contributed by atoms with Gasteiger partial charge in [0, 0.05) is 18.3 Å².